The summed E-state index contributed by atoms with van der Waals surface area (Å²) in [6, 6.07) is 2.60. The molecule has 1 saturated carbocycles. The van der Waals surface area contributed by atoms with E-state index in [1.54, 1.807) is 4.90 Å². The first-order valence-electron chi connectivity index (χ1n) is 5.63. The molecule has 0 unspecified atom stereocenters. The van der Waals surface area contributed by atoms with Crippen molar-refractivity contribution in [2.45, 2.75) is 12.8 Å². The molecule has 1 aromatic rings. The molecule has 0 bridgehead atoms. The van der Waals surface area contributed by atoms with Gasteiger partial charge >= 0.3 is 5.97 Å². The topological polar surface area (TPSA) is 96.6 Å². The molecule has 7 heteroatoms. The molecular formula is C11H13N3O4. The molecule has 18 heavy (non-hydrogen) atoms. The maximum Gasteiger partial charge on any atom is 0.323 e. The second-order valence-corrected chi connectivity index (χ2v) is 4.35. The Morgan fingerprint density at radius 1 is 1.61 bits per heavy atom. The second-order valence-electron chi connectivity index (χ2n) is 4.35. The van der Waals surface area contributed by atoms with Crippen LogP contribution >= 0.6 is 0 Å². The summed E-state index contributed by atoms with van der Waals surface area (Å²) in [5, 5.41) is 19.5. The number of carboxylic acids is 1. The summed E-state index contributed by atoms with van der Waals surface area (Å²) >= 11 is 0. The molecule has 2 rings (SSSR count). The van der Waals surface area contributed by atoms with Crippen molar-refractivity contribution in [3.05, 3.63) is 28.4 Å². The van der Waals surface area contributed by atoms with Gasteiger partial charge in [0.15, 0.2) is 0 Å². The van der Waals surface area contributed by atoms with E-state index < -0.39 is 10.9 Å². The minimum atomic E-state index is -0.969. The maximum atomic E-state index is 10.8. The highest BCUT2D eigenvalue weighted by Crippen LogP contribution is 2.31. The summed E-state index contributed by atoms with van der Waals surface area (Å²) in [6.07, 6.45) is 3.48. The minimum Gasteiger partial charge on any atom is -0.480 e. The van der Waals surface area contributed by atoms with E-state index >= 15 is 0 Å². The van der Waals surface area contributed by atoms with Crippen LogP contribution in [-0.2, 0) is 4.79 Å². The van der Waals surface area contributed by atoms with Gasteiger partial charge < -0.3 is 10.0 Å². The molecule has 0 radical (unpaired) electrons. The number of nitro groups is 1. The molecule has 0 amide bonds. The summed E-state index contributed by atoms with van der Waals surface area (Å²) in [5.74, 6) is -0.145. The minimum absolute atomic E-state index is 0.0776. The molecule has 96 valence electrons. The molecule has 1 N–H and O–H groups in total. The van der Waals surface area contributed by atoms with E-state index in [9.17, 15) is 14.9 Å². The van der Waals surface area contributed by atoms with Crippen LogP contribution < -0.4 is 4.90 Å². The van der Waals surface area contributed by atoms with Crippen LogP contribution in [0.25, 0.3) is 0 Å². The van der Waals surface area contributed by atoms with Crippen molar-refractivity contribution in [1.82, 2.24) is 4.98 Å². The molecule has 1 aromatic heterocycles. The smallest absolute Gasteiger partial charge is 0.323 e. The molecule has 1 aliphatic rings. The number of aromatic nitrogens is 1. The van der Waals surface area contributed by atoms with Crippen LogP contribution in [0.1, 0.15) is 12.8 Å². The summed E-state index contributed by atoms with van der Waals surface area (Å²) in [4.78, 5) is 26.6. The maximum absolute atomic E-state index is 10.8. The lowest BCUT2D eigenvalue weighted by atomic mass is 10.3. The zero-order valence-electron chi connectivity index (χ0n) is 9.65. The third-order valence-corrected chi connectivity index (χ3v) is 2.77. The van der Waals surface area contributed by atoms with Gasteiger partial charge in [-0.05, 0) is 18.8 Å². The van der Waals surface area contributed by atoms with Gasteiger partial charge in [0.05, 0.1) is 11.0 Å². The van der Waals surface area contributed by atoms with Crippen molar-refractivity contribution in [3.63, 3.8) is 0 Å². The lowest BCUT2D eigenvalue weighted by molar-refractivity contribution is -0.384. The fourth-order valence-electron chi connectivity index (χ4n) is 1.71. The Morgan fingerprint density at radius 2 is 2.33 bits per heavy atom. The lowest BCUT2D eigenvalue weighted by Crippen LogP contribution is -2.32. The van der Waals surface area contributed by atoms with Gasteiger partial charge in [0.1, 0.15) is 12.4 Å². The zero-order chi connectivity index (χ0) is 13.1. The first kappa shape index (κ1) is 12.3. The summed E-state index contributed by atoms with van der Waals surface area (Å²) in [7, 11) is 0. The van der Waals surface area contributed by atoms with E-state index in [-0.39, 0.29) is 12.2 Å². The Kier molecular flexibility index (Phi) is 3.40. The molecule has 7 nitrogen and oxygen atoms in total. The van der Waals surface area contributed by atoms with E-state index in [0.29, 0.717) is 18.3 Å². The number of carboxylic acid groups (broad SMARTS) is 1. The second kappa shape index (κ2) is 4.99. The SMILES string of the molecule is O=C(O)CN(CC1CC1)c1cc([N+](=O)[O-])ccn1. The van der Waals surface area contributed by atoms with Gasteiger partial charge in [0, 0.05) is 18.8 Å². The van der Waals surface area contributed by atoms with Crippen molar-refractivity contribution in [1.29, 1.82) is 0 Å². The standard InChI is InChI=1S/C11H13N3O4/c15-11(16)7-13(6-8-1-2-8)10-5-9(14(17)18)3-4-12-10/h3-5,8H,1-2,6-7H2,(H,15,16). The van der Waals surface area contributed by atoms with E-state index in [0.717, 1.165) is 12.8 Å². The fourth-order valence-corrected chi connectivity index (χ4v) is 1.71. The van der Waals surface area contributed by atoms with E-state index in [1.807, 2.05) is 0 Å². The Balaban J connectivity index is 2.19. The quantitative estimate of drug-likeness (QED) is 0.604. The van der Waals surface area contributed by atoms with E-state index in [2.05, 4.69) is 4.98 Å². The molecule has 0 aliphatic heterocycles. The molecule has 0 atom stereocenters. The highest BCUT2D eigenvalue weighted by Gasteiger charge is 2.26. The van der Waals surface area contributed by atoms with Crippen molar-refractivity contribution in [2.24, 2.45) is 5.92 Å². The van der Waals surface area contributed by atoms with Gasteiger partial charge in [-0.2, -0.15) is 0 Å². The highest BCUT2D eigenvalue weighted by molar-refractivity contribution is 5.73. The number of anilines is 1. The Labute approximate surface area is 103 Å². The van der Waals surface area contributed by atoms with Crippen LogP contribution in [0.5, 0.6) is 0 Å². The number of nitrogens with zero attached hydrogens (tertiary/aromatic N) is 3. The molecule has 0 saturated heterocycles. The van der Waals surface area contributed by atoms with Crippen LogP contribution in [0.2, 0.25) is 0 Å². The lowest BCUT2D eigenvalue weighted by Gasteiger charge is -2.21. The van der Waals surface area contributed by atoms with Crippen molar-refractivity contribution in [3.8, 4) is 0 Å². The van der Waals surface area contributed by atoms with Crippen LogP contribution in [0, 0.1) is 16.0 Å². The van der Waals surface area contributed by atoms with Crippen LogP contribution in [0.15, 0.2) is 18.3 Å². The van der Waals surface area contributed by atoms with Gasteiger partial charge in [-0.25, -0.2) is 4.98 Å². The Hall–Kier alpha value is -2.18. The monoisotopic (exact) mass is 251 g/mol. The molecule has 0 spiro atoms. The van der Waals surface area contributed by atoms with Crippen molar-refractivity contribution < 1.29 is 14.8 Å². The van der Waals surface area contributed by atoms with Crippen LogP contribution in [-0.4, -0.2) is 34.1 Å². The molecule has 1 aliphatic carbocycles. The number of carbonyl (C=O) groups is 1. The largest absolute Gasteiger partial charge is 0.480 e. The van der Waals surface area contributed by atoms with Gasteiger partial charge in [-0.1, -0.05) is 0 Å². The average molecular weight is 251 g/mol. The van der Waals surface area contributed by atoms with Crippen molar-refractivity contribution >= 4 is 17.5 Å². The molecular weight excluding hydrogens is 238 g/mol. The predicted molar refractivity (Wildman–Crippen MR) is 63.5 cm³/mol. The van der Waals surface area contributed by atoms with Gasteiger partial charge in [0.25, 0.3) is 5.69 Å². The highest BCUT2D eigenvalue weighted by atomic mass is 16.6. The van der Waals surface area contributed by atoms with Gasteiger partial charge in [-0.3, -0.25) is 14.9 Å². The first-order chi connectivity index (χ1) is 8.56. The number of hydrogen-bond acceptors (Lipinski definition) is 5. The average Bonchev–Trinajstić information content (AvgIpc) is 3.12. The van der Waals surface area contributed by atoms with Crippen LogP contribution in [0.3, 0.4) is 0 Å². The van der Waals surface area contributed by atoms with Gasteiger partial charge in [0.2, 0.25) is 0 Å². The first-order valence-corrected chi connectivity index (χ1v) is 5.63. The van der Waals surface area contributed by atoms with Gasteiger partial charge in [-0.15, -0.1) is 0 Å². The number of aliphatic carboxylic acids is 1. The zero-order valence-corrected chi connectivity index (χ0v) is 9.65. The Morgan fingerprint density at radius 3 is 2.89 bits per heavy atom. The molecule has 0 aromatic carbocycles. The summed E-state index contributed by atoms with van der Waals surface area (Å²) < 4.78 is 0. The number of hydrogen-bond donors (Lipinski definition) is 1. The normalized spacial score (nSPS) is 14.2. The third kappa shape index (κ3) is 3.16. The molecule has 1 fully saturated rings. The molecule has 1 heterocycles. The van der Waals surface area contributed by atoms with E-state index in [4.69, 9.17) is 5.11 Å². The Bertz CT molecular complexity index is 473. The van der Waals surface area contributed by atoms with Crippen molar-refractivity contribution in [2.75, 3.05) is 18.0 Å². The third-order valence-electron chi connectivity index (χ3n) is 2.77. The van der Waals surface area contributed by atoms with E-state index in [1.165, 1.54) is 18.3 Å². The fraction of sp³-hybridized carbons (Fsp3) is 0.455. The summed E-state index contributed by atoms with van der Waals surface area (Å²) in [5.41, 5.74) is -0.0776. The predicted octanol–water partition coefficient (Wildman–Crippen LogP) is 1.29. The summed E-state index contributed by atoms with van der Waals surface area (Å²) in [6.45, 7) is 0.394. The number of pyridine rings is 1. The van der Waals surface area contributed by atoms with Crippen LogP contribution in [0.4, 0.5) is 11.5 Å². The number of rotatable bonds is 6.